The lowest BCUT2D eigenvalue weighted by Gasteiger charge is -2.11. The number of nitrogens with zero attached hydrogens (tertiary/aromatic N) is 4. The highest BCUT2D eigenvalue weighted by Gasteiger charge is 2.26. The minimum Gasteiger partial charge on any atom is -0.336 e. The van der Waals surface area contributed by atoms with Gasteiger partial charge in [-0.3, -0.25) is 9.69 Å². The molecule has 19 heavy (non-hydrogen) atoms. The molecule has 0 unspecified atom stereocenters. The molecule has 8 nitrogen and oxygen atoms in total. The maximum atomic E-state index is 11.9. The molecular formula is C10H16N6O2S. The molecule has 0 bridgehead atoms. The number of nitrogens with one attached hydrogen (secondary N) is 1. The van der Waals surface area contributed by atoms with Crippen molar-refractivity contribution < 1.29 is 9.59 Å². The van der Waals surface area contributed by atoms with Gasteiger partial charge in [-0.2, -0.15) is 0 Å². The van der Waals surface area contributed by atoms with E-state index in [2.05, 4.69) is 15.5 Å². The molecule has 3 amide bonds. The molecule has 0 aliphatic carbocycles. The molecule has 104 valence electrons. The van der Waals surface area contributed by atoms with E-state index >= 15 is 0 Å². The molecule has 1 fully saturated rings. The van der Waals surface area contributed by atoms with Gasteiger partial charge in [0, 0.05) is 19.6 Å². The van der Waals surface area contributed by atoms with Gasteiger partial charge in [0.2, 0.25) is 5.91 Å². The van der Waals surface area contributed by atoms with Crippen molar-refractivity contribution >= 4 is 23.7 Å². The van der Waals surface area contributed by atoms with Gasteiger partial charge in [-0.05, 0) is 6.92 Å². The van der Waals surface area contributed by atoms with Crippen molar-refractivity contribution in [2.75, 3.05) is 18.8 Å². The van der Waals surface area contributed by atoms with E-state index in [4.69, 9.17) is 5.73 Å². The van der Waals surface area contributed by atoms with Crippen molar-refractivity contribution in [3.05, 3.63) is 5.82 Å². The van der Waals surface area contributed by atoms with E-state index in [9.17, 15) is 9.59 Å². The zero-order chi connectivity index (χ0) is 13.8. The van der Waals surface area contributed by atoms with Gasteiger partial charge < -0.3 is 15.6 Å². The first kappa shape index (κ1) is 13.8. The molecule has 0 radical (unpaired) electrons. The van der Waals surface area contributed by atoms with E-state index in [1.54, 1.807) is 0 Å². The number of amides is 3. The third-order valence-corrected chi connectivity index (χ3v) is 3.73. The number of rotatable bonds is 5. The van der Waals surface area contributed by atoms with E-state index in [0.717, 1.165) is 0 Å². The summed E-state index contributed by atoms with van der Waals surface area (Å²) in [6.45, 7) is 3.90. The highest BCUT2D eigenvalue weighted by molar-refractivity contribution is 7.99. The van der Waals surface area contributed by atoms with Crippen molar-refractivity contribution in [1.29, 1.82) is 0 Å². The maximum absolute atomic E-state index is 11.9. The molecule has 2 heterocycles. The number of urea groups is 1. The van der Waals surface area contributed by atoms with Gasteiger partial charge in [-0.25, -0.2) is 4.79 Å². The highest BCUT2D eigenvalue weighted by Crippen LogP contribution is 2.17. The van der Waals surface area contributed by atoms with Crippen LogP contribution in [0.1, 0.15) is 12.7 Å². The Hall–Kier alpha value is -1.61. The van der Waals surface area contributed by atoms with Crippen LogP contribution >= 0.6 is 11.8 Å². The van der Waals surface area contributed by atoms with E-state index in [1.807, 2.05) is 11.5 Å². The minimum absolute atomic E-state index is 0.163. The smallest absolute Gasteiger partial charge is 0.324 e. The Balaban J connectivity index is 1.97. The van der Waals surface area contributed by atoms with Gasteiger partial charge in [-0.15, -0.1) is 10.2 Å². The van der Waals surface area contributed by atoms with Crippen LogP contribution in [0.4, 0.5) is 4.79 Å². The van der Waals surface area contributed by atoms with Crippen LogP contribution in [-0.2, 0) is 17.9 Å². The van der Waals surface area contributed by atoms with Crippen molar-refractivity contribution in [3.63, 3.8) is 0 Å². The molecule has 0 saturated carbocycles. The lowest BCUT2D eigenvalue weighted by molar-refractivity contribution is -0.124. The minimum atomic E-state index is -0.329. The summed E-state index contributed by atoms with van der Waals surface area (Å²) in [4.78, 5) is 24.4. The molecule has 0 spiro atoms. The summed E-state index contributed by atoms with van der Waals surface area (Å²) < 4.78 is 1.86. The van der Waals surface area contributed by atoms with E-state index < -0.39 is 0 Å². The molecule has 1 aromatic heterocycles. The number of nitrogens with two attached hydrogens (primary N) is 1. The summed E-state index contributed by atoms with van der Waals surface area (Å²) in [5.74, 6) is 0.632. The molecule has 1 aliphatic rings. The SMILES string of the molecule is CCn1c(CN)nnc1SCC(=O)N1CCNC1=O. The Morgan fingerprint density at radius 3 is 2.89 bits per heavy atom. The first-order chi connectivity index (χ1) is 9.17. The topological polar surface area (TPSA) is 106 Å². The number of hydrogen-bond acceptors (Lipinski definition) is 6. The van der Waals surface area contributed by atoms with E-state index in [0.29, 0.717) is 37.2 Å². The first-order valence-electron chi connectivity index (χ1n) is 6.00. The van der Waals surface area contributed by atoms with Crippen molar-refractivity contribution in [3.8, 4) is 0 Å². The second-order valence-corrected chi connectivity index (χ2v) is 4.86. The van der Waals surface area contributed by atoms with Gasteiger partial charge >= 0.3 is 6.03 Å². The summed E-state index contributed by atoms with van der Waals surface area (Å²) in [6.07, 6.45) is 0. The van der Waals surface area contributed by atoms with E-state index in [1.165, 1.54) is 16.7 Å². The molecule has 3 N–H and O–H groups in total. The third-order valence-electron chi connectivity index (χ3n) is 2.77. The fourth-order valence-corrected chi connectivity index (χ4v) is 2.71. The molecular weight excluding hydrogens is 268 g/mol. The van der Waals surface area contributed by atoms with Crippen molar-refractivity contribution in [2.24, 2.45) is 5.73 Å². The second-order valence-electron chi connectivity index (χ2n) is 3.91. The van der Waals surface area contributed by atoms with Gasteiger partial charge in [0.15, 0.2) is 5.16 Å². The number of carbonyl (C=O) groups excluding carboxylic acids is 2. The maximum Gasteiger partial charge on any atom is 0.324 e. The van der Waals surface area contributed by atoms with E-state index in [-0.39, 0.29) is 17.7 Å². The predicted molar refractivity (Wildman–Crippen MR) is 69.4 cm³/mol. The predicted octanol–water partition coefficient (Wildman–Crippen LogP) is -0.599. The third kappa shape index (κ3) is 2.87. The summed E-state index contributed by atoms with van der Waals surface area (Å²) in [5.41, 5.74) is 5.55. The fraction of sp³-hybridized carbons (Fsp3) is 0.600. The normalized spacial score (nSPS) is 14.8. The Kier molecular flexibility index (Phi) is 4.38. The molecule has 2 rings (SSSR count). The molecule has 9 heteroatoms. The number of imide groups is 1. The summed E-state index contributed by atoms with van der Waals surface area (Å²) in [5, 5.41) is 11.2. The zero-order valence-electron chi connectivity index (χ0n) is 10.6. The van der Waals surface area contributed by atoms with Crippen LogP contribution in [-0.4, -0.2) is 50.4 Å². The van der Waals surface area contributed by atoms with Gasteiger partial charge in [-0.1, -0.05) is 11.8 Å². The quantitative estimate of drug-likeness (QED) is 0.699. The largest absolute Gasteiger partial charge is 0.336 e. The van der Waals surface area contributed by atoms with Crippen LogP contribution in [0.25, 0.3) is 0 Å². The van der Waals surface area contributed by atoms with Crippen LogP contribution in [0, 0.1) is 0 Å². The molecule has 1 aromatic rings. The van der Waals surface area contributed by atoms with Gasteiger partial charge in [0.1, 0.15) is 5.82 Å². The number of hydrogen-bond donors (Lipinski definition) is 2. The highest BCUT2D eigenvalue weighted by atomic mass is 32.2. The van der Waals surface area contributed by atoms with Gasteiger partial charge in [0.25, 0.3) is 0 Å². The molecule has 1 saturated heterocycles. The van der Waals surface area contributed by atoms with Crippen LogP contribution in [0.5, 0.6) is 0 Å². The average Bonchev–Trinajstić information content (AvgIpc) is 3.01. The van der Waals surface area contributed by atoms with Crippen LogP contribution in [0.15, 0.2) is 5.16 Å². The summed E-state index contributed by atoms with van der Waals surface area (Å²) in [6, 6.07) is -0.329. The fourth-order valence-electron chi connectivity index (χ4n) is 1.81. The van der Waals surface area contributed by atoms with Crippen LogP contribution < -0.4 is 11.1 Å². The number of carbonyl (C=O) groups is 2. The standard InChI is InChI=1S/C10H16N6O2S/c1-2-15-7(5-11)13-14-10(15)19-6-8(17)16-4-3-12-9(16)18/h2-6,11H2,1H3,(H,12,18). The number of aromatic nitrogens is 3. The number of thioether (sulfide) groups is 1. The van der Waals surface area contributed by atoms with Gasteiger partial charge in [0.05, 0.1) is 12.3 Å². The van der Waals surface area contributed by atoms with Crippen molar-refractivity contribution in [2.45, 2.75) is 25.2 Å². The Bertz CT molecular complexity index is 488. The molecule has 1 aliphatic heterocycles. The lowest BCUT2D eigenvalue weighted by Crippen LogP contribution is -2.35. The van der Waals surface area contributed by atoms with Crippen LogP contribution in [0.2, 0.25) is 0 Å². The van der Waals surface area contributed by atoms with Crippen LogP contribution in [0.3, 0.4) is 0 Å². The zero-order valence-corrected chi connectivity index (χ0v) is 11.4. The molecule has 0 aromatic carbocycles. The second kappa shape index (κ2) is 6.02. The Morgan fingerprint density at radius 1 is 1.53 bits per heavy atom. The lowest BCUT2D eigenvalue weighted by atomic mass is 10.5. The Labute approximate surface area is 114 Å². The molecule has 0 atom stereocenters. The monoisotopic (exact) mass is 284 g/mol. The Morgan fingerprint density at radius 2 is 2.32 bits per heavy atom. The first-order valence-corrected chi connectivity index (χ1v) is 6.99. The van der Waals surface area contributed by atoms with Crippen molar-refractivity contribution in [1.82, 2.24) is 25.0 Å². The average molecular weight is 284 g/mol. The summed E-state index contributed by atoms with van der Waals surface area (Å²) >= 11 is 1.27. The summed E-state index contributed by atoms with van der Waals surface area (Å²) in [7, 11) is 0.